The molecule has 1 atom stereocenters. The van der Waals surface area contributed by atoms with Crippen LogP contribution in [0.1, 0.15) is 27.7 Å². The van der Waals surface area contributed by atoms with Crippen LogP contribution in [0.25, 0.3) is 5.32 Å². The van der Waals surface area contributed by atoms with Gasteiger partial charge in [-0.3, -0.25) is 0 Å². The molecule has 6 heteroatoms. The number of hydrogen-bond donors (Lipinski definition) is 0. The first-order chi connectivity index (χ1) is 6.29. The number of ether oxygens (including phenoxy) is 1. The van der Waals surface area contributed by atoms with Crippen molar-refractivity contribution < 1.29 is 47.0 Å². The monoisotopic (exact) mass is 286 g/mol. The molecule has 4 nitrogen and oxygen atoms in total. The molecule has 15 heavy (non-hydrogen) atoms. The third-order valence-corrected chi connectivity index (χ3v) is 2.07. The summed E-state index contributed by atoms with van der Waals surface area (Å²) in [6.45, 7) is 6.71. The topological polar surface area (TPSA) is 57.5 Å². The van der Waals surface area contributed by atoms with Crippen molar-refractivity contribution in [3.63, 3.8) is 0 Å². The van der Waals surface area contributed by atoms with E-state index in [1.165, 1.54) is 6.92 Å². The second-order valence-electron chi connectivity index (χ2n) is 3.74. The molecule has 79 valence electrons. The molecular formula is C9H16BNO3Y+2. The SMILES string of the molecule is COC(C)C(C)(C)[N-]C(=O)[B]C(C)=O.[Y+3]. The van der Waals surface area contributed by atoms with Crippen LogP contribution in [-0.4, -0.2) is 37.5 Å². The smallest absolute Gasteiger partial charge is 0.655 e. The molecule has 0 aromatic heterocycles. The molecule has 1 amide bonds. The Kier molecular flexibility index (Phi) is 8.86. The maximum absolute atomic E-state index is 11.2. The van der Waals surface area contributed by atoms with Crippen LogP contribution in [0.2, 0.25) is 0 Å². The first-order valence-electron chi connectivity index (χ1n) is 4.44. The molecule has 0 spiro atoms. The summed E-state index contributed by atoms with van der Waals surface area (Å²) in [7, 11) is 2.53. The van der Waals surface area contributed by atoms with Crippen molar-refractivity contribution in [2.75, 3.05) is 7.11 Å². The quantitative estimate of drug-likeness (QED) is 0.720. The van der Waals surface area contributed by atoms with E-state index in [0.29, 0.717) is 0 Å². The average Bonchev–Trinajstić information content (AvgIpc) is 1.99. The van der Waals surface area contributed by atoms with Gasteiger partial charge in [-0.25, -0.2) is 0 Å². The van der Waals surface area contributed by atoms with Gasteiger partial charge in [0.1, 0.15) is 0 Å². The van der Waals surface area contributed by atoms with Gasteiger partial charge in [-0.2, -0.15) is 0 Å². The van der Waals surface area contributed by atoms with Gasteiger partial charge >= 0.3 is 32.7 Å². The molecule has 0 fully saturated rings. The molecular weight excluding hydrogens is 270 g/mol. The fraction of sp³-hybridized carbons (Fsp3) is 0.778. The van der Waals surface area contributed by atoms with Gasteiger partial charge in [0.25, 0.3) is 7.28 Å². The Bertz CT molecular complexity index is 233. The fourth-order valence-electron chi connectivity index (χ4n) is 0.869. The van der Waals surface area contributed by atoms with E-state index in [1.807, 2.05) is 6.92 Å². The van der Waals surface area contributed by atoms with Crippen molar-refractivity contribution in [2.45, 2.75) is 39.3 Å². The van der Waals surface area contributed by atoms with Crippen molar-refractivity contribution in [1.29, 1.82) is 0 Å². The van der Waals surface area contributed by atoms with Gasteiger partial charge < -0.3 is 19.6 Å². The van der Waals surface area contributed by atoms with Crippen LogP contribution in [0.4, 0.5) is 4.79 Å². The van der Waals surface area contributed by atoms with E-state index >= 15 is 0 Å². The van der Waals surface area contributed by atoms with E-state index in [4.69, 9.17) is 4.74 Å². The molecule has 0 saturated heterocycles. The minimum atomic E-state index is -0.613. The van der Waals surface area contributed by atoms with Crippen LogP contribution < -0.4 is 0 Å². The van der Waals surface area contributed by atoms with Crippen molar-refractivity contribution in [3.05, 3.63) is 5.32 Å². The number of nitrogens with zero attached hydrogens (tertiary/aromatic N) is 1. The number of hydrogen-bond acceptors (Lipinski definition) is 3. The molecule has 0 aromatic carbocycles. The molecule has 0 bridgehead atoms. The van der Waals surface area contributed by atoms with Crippen molar-refractivity contribution in [3.8, 4) is 0 Å². The van der Waals surface area contributed by atoms with Gasteiger partial charge in [0.15, 0.2) is 0 Å². The predicted octanol–water partition coefficient (Wildman–Crippen LogP) is 1.54. The summed E-state index contributed by atoms with van der Waals surface area (Å²) in [5.74, 6) is -0.508. The molecule has 0 heterocycles. The molecule has 0 aliphatic carbocycles. The minimum absolute atomic E-state index is 0. The first-order valence-corrected chi connectivity index (χ1v) is 4.44. The Labute approximate surface area is 117 Å². The van der Waals surface area contributed by atoms with Crippen LogP contribution in [0.3, 0.4) is 0 Å². The minimum Gasteiger partial charge on any atom is -0.655 e. The van der Waals surface area contributed by atoms with E-state index in [0.717, 1.165) is 7.28 Å². The Morgan fingerprint density at radius 3 is 2.20 bits per heavy atom. The van der Waals surface area contributed by atoms with Crippen LogP contribution >= 0.6 is 0 Å². The Morgan fingerprint density at radius 2 is 1.87 bits per heavy atom. The summed E-state index contributed by atoms with van der Waals surface area (Å²) in [5, 5.41) is 3.88. The van der Waals surface area contributed by atoms with Gasteiger partial charge in [0.05, 0.1) is 5.68 Å². The number of carbonyl (C=O) groups is 2. The van der Waals surface area contributed by atoms with E-state index in [1.54, 1.807) is 21.0 Å². The van der Waals surface area contributed by atoms with Gasteiger partial charge in [0, 0.05) is 19.0 Å². The zero-order valence-electron chi connectivity index (χ0n) is 9.90. The summed E-state index contributed by atoms with van der Waals surface area (Å²) < 4.78 is 5.08. The number of rotatable bonds is 5. The van der Waals surface area contributed by atoms with Crippen molar-refractivity contribution >= 4 is 18.8 Å². The second kappa shape index (κ2) is 7.53. The van der Waals surface area contributed by atoms with Gasteiger partial charge in [0.2, 0.25) is 0 Å². The largest absolute Gasteiger partial charge is 3.00 e. The summed E-state index contributed by atoms with van der Waals surface area (Å²) in [4.78, 5) is 21.8. The summed E-state index contributed by atoms with van der Waals surface area (Å²) >= 11 is 0. The van der Waals surface area contributed by atoms with Crippen LogP contribution in [-0.2, 0) is 42.2 Å². The number of carbonyl (C=O) groups excluding carboxylic acids is 2. The summed E-state index contributed by atoms with van der Waals surface area (Å²) in [6, 6.07) is 0. The molecule has 0 saturated carbocycles. The van der Waals surface area contributed by atoms with Crippen LogP contribution in [0.5, 0.6) is 0 Å². The molecule has 0 aromatic rings. The van der Waals surface area contributed by atoms with Gasteiger partial charge in [-0.1, -0.05) is 19.4 Å². The zero-order chi connectivity index (χ0) is 11.4. The van der Waals surface area contributed by atoms with E-state index in [2.05, 4.69) is 5.32 Å². The maximum Gasteiger partial charge on any atom is 3.00 e. The first kappa shape index (κ1) is 17.7. The molecule has 1 radical (unpaired) electrons. The Balaban J connectivity index is 0. The van der Waals surface area contributed by atoms with Gasteiger partial charge in [-0.05, 0) is 13.8 Å². The normalized spacial score (nSPS) is 12.3. The third kappa shape index (κ3) is 7.20. The zero-order valence-corrected chi connectivity index (χ0v) is 12.7. The van der Waals surface area contributed by atoms with Crippen LogP contribution in [0, 0.1) is 0 Å². The molecule has 0 N–H and O–H groups in total. The number of methoxy groups -OCH3 is 1. The third-order valence-electron chi connectivity index (χ3n) is 2.07. The van der Waals surface area contributed by atoms with E-state index < -0.39 is 11.3 Å². The summed E-state index contributed by atoms with van der Waals surface area (Å²) in [5.41, 5.74) is -0.905. The predicted molar refractivity (Wildman–Crippen MR) is 55.7 cm³/mol. The molecule has 0 aliphatic rings. The molecule has 1 unspecified atom stereocenters. The maximum atomic E-state index is 11.2. The van der Waals surface area contributed by atoms with Gasteiger partial charge in [-0.15, -0.1) is 0 Å². The Morgan fingerprint density at radius 1 is 1.40 bits per heavy atom. The van der Waals surface area contributed by atoms with Crippen molar-refractivity contribution in [1.82, 2.24) is 0 Å². The van der Waals surface area contributed by atoms with Crippen molar-refractivity contribution in [2.24, 2.45) is 0 Å². The second-order valence-corrected chi connectivity index (χ2v) is 3.74. The standard InChI is InChI=1S/C9H17BNO3.Y/c1-6(14-5)9(3,4)11-8(13)10-7(2)12;/h6H,1-5H3,(H,11,13);/q;+3/p-1. The molecule has 0 aliphatic heterocycles. The van der Waals surface area contributed by atoms with E-state index in [9.17, 15) is 9.59 Å². The summed E-state index contributed by atoms with van der Waals surface area (Å²) in [6.07, 6.45) is -0.174. The van der Waals surface area contributed by atoms with Crippen LogP contribution in [0.15, 0.2) is 0 Å². The average molecular weight is 286 g/mol. The molecule has 0 rings (SSSR count). The Hall–Kier alpha value is 0.269. The number of amides is 1. The van der Waals surface area contributed by atoms with E-state index in [-0.39, 0.29) is 44.5 Å². The fourth-order valence-corrected chi connectivity index (χ4v) is 0.869.